The molecule has 1 aliphatic heterocycles. The Morgan fingerprint density at radius 3 is 2.24 bits per heavy atom. The Morgan fingerprint density at radius 2 is 1.62 bits per heavy atom. The predicted octanol–water partition coefficient (Wildman–Crippen LogP) is 1.61. The zero-order valence-corrected chi connectivity index (χ0v) is 18.8. The molecular formula is C24H26N6O4. The lowest BCUT2D eigenvalue weighted by Gasteiger charge is -2.35. The van der Waals surface area contributed by atoms with Gasteiger partial charge < -0.3 is 24.6 Å². The Balaban J connectivity index is 1.27. The fourth-order valence-electron chi connectivity index (χ4n) is 3.65. The minimum absolute atomic E-state index is 0.223. The molecule has 0 unspecified atom stereocenters. The SMILES string of the molecule is COC(=O)[C@@H](NC(=O)COc1ccc(N2CCN(c3ccccn3)CC2)nn1)c1ccccc1. The quantitative estimate of drug-likeness (QED) is 0.499. The second-order valence-corrected chi connectivity index (χ2v) is 7.61. The molecule has 3 aromatic rings. The Hall–Kier alpha value is -4.21. The first-order chi connectivity index (χ1) is 16.6. The highest BCUT2D eigenvalue weighted by molar-refractivity contribution is 5.86. The number of nitrogens with one attached hydrogen (secondary N) is 1. The van der Waals surface area contributed by atoms with E-state index < -0.39 is 17.9 Å². The Kier molecular flexibility index (Phi) is 7.49. The van der Waals surface area contributed by atoms with Crippen LogP contribution in [0.25, 0.3) is 0 Å². The van der Waals surface area contributed by atoms with E-state index in [2.05, 4.69) is 30.3 Å². The number of pyridine rings is 1. The average molecular weight is 463 g/mol. The summed E-state index contributed by atoms with van der Waals surface area (Å²) in [5.41, 5.74) is 0.620. The van der Waals surface area contributed by atoms with Gasteiger partial charge in [0, 0.05) is 38.4 Å². The topological polar surface area (TPSA) is 110 Å². The lowest BCUT2D eigenvalue weighted by Crippen LogP contribution is -2.47. The summed E-state index contributed by atoms with van der Waals surface area (Å²) in [4.78, 5) is 33.2. The predicted molar refractivity (Wildman–Crippen MR) is 126 cm³/mol. The van der Waals surface area contributed by atoms with Crippen LogP contribution in [0.3, 0.4) is 0 Å². The number of piperazine rings is 1. The van der Waals surface area contributed by atoms with Crippen molar-refractivity contribution in [3.8, 4) is 5.88 Å². The van der Waals surface area contributed by atoms with Crippen LogP contribution >= 0.6 is 0 Å². The van der Waals surface area contributed by atoms with Crippen molar-refractivity contribution in [1.29, 1.82) is 0 Å². The van der Waals surface area contributed by atoms with Crippen molar-refractivity contribution in [3.05, 3.63) is 72.4 Å². The molecule has 3 heterocycles. The van der Waals surface area contributed by atoms with Crippen molar-refractivity contribution >= 4 is 23.5 Å². The highest BCUT2D eigenvalue weighted by atomic mass is 16.5. The van der Waals surface area contributed by atoms with E-state index in [9.17, 15) is 9.59 Å². The molecule has 0 aliphatic carbocycles. The van der Waals surface area contributed by atoms with E-state index in [1.54, 1.807) is 36.5 Å². The molecule has 10 nitrogen and oxygen atoms in total. The van der Waals surface area contributed by atoms with Gasteiger partial charge in [0.2, 0.25) is 5.88 Å². The van der Waals surface area contributed by atoms with Crippen LogP contribution in [-0.4, -0.2) is 67.0 Å². The van der Waals surface area contributed by atoms with E-state index in [0.29, 0.717) is 5.56 Å². The molecular weight excluding hydrogens is 436 g/mol. The number of benzene rings is 1. The fourth-order valence-corrected chi connectivity index (χ4v) is 3.65. The monoisotopic (exact) mass is 462 g/mol. The van der Waals surface area contributed by atoms with Gasteiger partial charge in [0.25, 0.3) is 5.91 Å². The van der Waals surface area contributed by atoms with Gasteiger partial charge in [-0.3, -0.25) is 4.79 Å². The summed E-state index contributed by atoms with van der Waals surface area (Å²) in [6.45, 7) is 2.95. The maximum Gasteiger partial charge on any atom is 0.333 e. The molecule has 1 aliphatic rings. The summed E-state index contributed by atoms with van der Waals surface area (Å²) in [6.07, 6.45) is 1.80. The third kappa shape index (κ3) is 5.77. The van der Waals surface area contributed by atoms with Crippen LogP contribution < -0.4 is 19.9 Å². The summed E-state index contributed by atoms with van der Waals surface area (Å²) in [7, 11) is 1.27. The molecule has 0 bridgehead atoms. The van der Waals surface area contributed by atoms with Crippen LogP contribution in [-0.2, 0) is 14.3 Å². The molecule has 4 rings (SSSR count). The van der Waals surface area contributed by atoms with Gasteiger partial charge in [0.05, 0.1) is 7.11 Å². The van der Waals surface area contributed by atoms with Crippen molar-refractivity contribution in [2.45, 2.75) is 6.04 Å². The standard InChI is InChI=1S/C24H26N6O4/c1-33-24(32)23(18-7-3-2-4-8-18)26-21(31)17-34-22-11-10-20(27-28-22)30-15-13-29(14-16-30)19-9-5-6-12-25-19/h2-12,23H,13-17H2,1H3,(H,26,31)/t23-/m0/s1. The van der Waals surface area contributed by atoms with E-state index in [1.807, 2.05) is 30.3 Å². The molecule has 1 aromatic carbocycles. The summed E-state index contributed by atoms with van der Waals surface area (Å²) >= 11 is 0. The van der Waals surface area contributed by atoms with E-state index in [0.717, 1.165) is 37.8 Å². The summed E-state index contributed by atoms with van der Waals surface area (Å²) in [6, 6.07) is 17.3. The number of hydrogen-bond acceptors (Lipinski definition) is 9. The first-order valence-electron chi connectivity index (χ1n) is 10.9. The molecule has 2 aromatic heterocycles. The molecule has 1 atom stereocenters. The average Bonchev–Trinajstić information content (AvgIpc) is 2.91. The van der Waals surface area contributed by atoms with Gasteiger partial charge in [-0.15, -0.1) is 10.2 Å². The number of methoxy groups -OCH3 is 1. The van der Waals surface area contributed by atoms with Gasteiger partial charge in [-0.1, -0.05) is 36.4 Å². The molecule has 10 heteroatoms. The van der Waals surface area contributed by atoms with Crippen LogP contribution in [0, 0.1) is 0 Å². The van der Waals surface area contributed by atoms with E-state index >= 15 is 0 Å². The van der Waals surface area contributed by atoms with Crippen molar-refractivity contribution in [1.82, 2.24) is 20.5 Å². The van der Waals surface area contributed by atoms with Crippen molar-refractivity contribution in [2.24, 2.45) is 0 Å². The Morgan fingerprint density at radius 1 is 0.912 bits per heavy atom. The zero-order chi connectivity index (χ0) is 23.8. The Labute approximate surface area is 197 Å². The van der Waals surface area contributed by atoms with Crippen molar-refractivity contribution in [2.75, 3.05) is 49.7 Å². The fraction of sp³-hybridized carbons (Fsp3) is 0.292. The number of aromatic nitrogens is 3. The third-order valence-corrected chi connectivity index (χ3v) is 5.43. The van der Waals surface area contributed by atoms with Gasteiger partial charge in [-0.05, 0) is 23.8 Å². The van der Waals surface area contributed by atoms with Crippen LogP contribution in [0.5, 0.6) is 5.88 Å². The van der Waals surface area contributed by atoms with E-state index in [1.165, 1.54) is 7.11 Å². The highest BCUT2D eigenvalue weighted by Gasteiger charge is 2.24. The molecule has 176 valence electrons. The molecule has 1 amide bonds. The van der Waals surface area contributed by atoms with Gasteiger partial charge >= 0.3 is 5.97 Å². The number of amides is 1. The number of hydrogen-bond donors (Lipinski definition) is 1. The van der Waals surface area contributed by atoms with Crippen molar-refractivity contribution in [3.63, 3.8) is 0 Å². The number of rotatable bonds is 8. The maximum absolute atomic E-state index is 12.4. The summed E-state index contributed by atoms with van der Waals surface area (Å²) < 4.78 is 10.3. The van der Waals surface area contributed by atoms with Crippen LogP contribution in [0.4, 0.5) is 11.6 Å². The number of ether oxygens (including phenoxy) is 2. The normalized spacial score (nSPS) is 14.3. The highest BCUT2D eigenvalue weighted by Crippen LogP contribution is 2.18. The van der Waals surface area contributed by atoms with Gasteiger partial charge in [0.1, 0.15) is 5.82 Å². The first kappa shape index (κ1) is 23.0. The van der Waals surface area contributed by atoms with Crippen molar-refractivity contribution < 1.29 is 19.1 Å². The minimum atomic E-state index is -0.916. The van der Waals surface area contributed by atoms with E-state index in [4.69, 9.17) is 9.47 Å². The zero-order valence-electron chi connectivity index (χ0n) is 18.8. The molecule has 0 saturated carbocycles. The molecule has 1 saturated heterocycles. The van der Waals surface area contributed by atoms with Crippen LogP contribution in [0.1, 0.15) is 11.6 Å². The maximum atomic E-state index is 12.4. The van der Waals surface area contributed by atoms with Gasteiger partial charge in [-0.25, -0.2) is 9.78 Å². The lowest BCUT2D eigenvalue weighted by atomic mass is 10.1. The minimum Gasteiger partial charge on any atom is -0.467 e. The Bertz CT molecular complexity index is 1070. The van der Waals surface area contributed by atoms with E-state index in [-0.39, 0.29) is 12.5 Å². The second-order valence-electron chi connectivity index (χ2n) is 7.61. The number of carbonyl (C=O) groups is 2. The number of nitrogens with zero attached hydrogens (tertiary/aromatic N) is 5. The number of anilines is 2. The summed E-state index contributed by atoms with van der Waals surface area (Å²) in [5.74, 6) is 0.896. The molecule has 0 spiro atoms. The van der Waals surface area contributed by atoms with Gasteiger partial charge in [0.15, 0.2) is 18.5 Å². The molecule has 0 radical (unpaired) electrons. The summed E-state index contributed by atoms with van der Waals surface area (Å²) in [5, 5.41) is 10.9. The molecule has 34 heavy (non-hydrogen) atoms. The number of carbonyl (C=O) groups excluding carboxylic acids is 2. The van der Waals surface area contributed by atoms with Crippen LogP contribution in [0.2, 0.25) is 0 Å². The van der Waals surface area contributed by atoms with Crippen LogP contribution in [0.15, 0.2) is 66.9 Å². The largest absolute Gasteiger partial charge is 0.467 e. The van der Waals surface area contributed by atoms with Gasteiger partial charge in [-0.2, -0.15) is 0 Å². The molecule has 1 N–H and O–H groups in total. The second kappa shape index (κ2) is 11.1. The molecule has 1 fully saturated rings. The lowest BCUT2D eigenvalue weighted by molar-refractivity contribution is -0.145. The smallest absolute Gasteiger partial charge is 0.333 e. The number of esters is 1. The third-order valence-electron chi connectivity index (χ3n) is 5.43. The first-order valence-corrected chi connectivity index (χ1v) is 10.9.